The molecule has 1 atom stereocenters. The van der Waals surface area contributed by atoms with Gasteiger partial charge in [-0.05, 0) is 31.6 Å². The van der Waals surface area contributed by atoms with Crippen molar-refractivity contribution in [1.29, 1.82) is 0 Å². The topological polar surface area (TPSA) is 29.5 Å². The van der Waals surface area contributed by atoms with Crippen LogP contribution in [0.4, 0.5) is 0 Å². The number of carbonyl (C=O) groups excluding carboxylic acids is 1. The predicted octanol–water partition coefficient (Wildman–Crippen LogP) is 2.78. The van der Waals surface area contributed by atoms with E-state index in [4.69, 9.17) is 4.84 Å². The van der Waals surface area contributed by atoms with Crippen molar-refractivity contribution < 1.29 is 9.63 Å². The highest BCUT2D eigenvalue weighted by Gasteiger charge is 2.50. The summed E-state index contributed by atoms with van der Waals surface area (Å²) in [4.78, 5) is 16.6. The van der Waals surface area contributed by atoms with E-state index < -0.39 is 0 Å². The lowest BCUT2D eigenvalue weighted by Gasteiger charge is -2.54. The number of piperidine rings is 1. The Labute approximate surface area is 98.4 Å². The second kappa shape index (κ2) is 4.21. The Morgan fingerprint density at radius 2 is 2.00 bits per heavy atom. The highest BCUT2D eigenvalue weighted by molar-refractivity contribution is 5.80. The molecule has 0 aromatic rings. The van der Waals surface area contributed by atoms with Crippen molar-refractivity contribution in [3.05, 3.63) is 12.7 Å². The van der Waals surface area contributed by atoms with Gasteiger partial charge in [0.05, 0.1) is 5.54 Å². The number of hydrogen-bond acceptors (Lipinski definition) is 3. The molecule has 1 fully saturated rings. The van der Waals surface area contributed by atoms with Crippen LogP contribution >= 0.6 is 0 Å². The van der Waals surface area contributed by atoms with E-state index in [1.807, 2.05) is 0 Å². The fraction of sp³-hybridized carbons (Fsp3) is 0.769. The standard InChI is InChI=1S/C13H23NO2/c1-7-11(15)16-14-9-8-10(2)12(3,4)13(14,5)6/h7,10H,1,8-9H2,2-6H3. The van der Waals surface area contributed by atoms with E-state index in [0.717, 1.165) is 13.0 Å². The van der Waals surface area contributed by atoms with E-state index >= 15 is 0 Å². The molecule has 3 heteroatoms. The summed E-state index contributed by atoms with van der Waals surface area (Å²) in [6.45, 7) is 15.2. The van der Waals surface area contributed by atoms with Crippen LogP contribution in [0, 0.1) is 11.3 Å². The van der Waals surface area contributed by atoms with Gasteiger partial charge in [-0.15, -0.1) is 5.06 Å². The van der Waals surface area contributed by atoms with Crippen LogP contribution in [0.2, 0.25) is 0 Å². The van der Waals surface area contributed by atoms with Crippen LogP contribution in [0.15, 0.2) is 12.7 Å². The minimum Gasteiger partial charge on any atom is -0.364 e. The highest BCUT2D eigenvalue weighted by Crippen LogP contribution is 2.46. The maximum absolute atomic E-state index is 11.3. The van der Waals surface area contributed by atoms with Crippen molar-refractivity contribution in [2.45, 2.75) is 46.6 Å². The van der Waals surface area contributed by atoms with Crippen LogP contribution < -0.4 is 0 Å². The van der Waals surface area contributed by atoms with E-state index in [-0.39, 0.29) is 16.9 Å². The number of hydrogen-bond donors (Lipinski definition) is 0. The Balaban J connectivity index is 2.89. The SMILES string of the molecule is C=CC(=O)ON1CCC(C)C(C)(C)C1(C)C. The summed E-state index contributed by atoms with van der Waals surface area (Å²) in [5.74, 6) is 0.236. The molecule has 1 saturated heterocycles. The first-order chi connectivity index (χ1) is 7.23. The van der Waals surface area contributed by atoms with Gasteiger partial charge in [0.1, 0.15) is 0 Å². The second-order valence-corrected chi connectivity index (χ2v) is 5.69. The van der Waals surface area contributed by atoms with Crippen molar-refractivity contribution in [3.63, 3.8) is 0 Å². The van der Waals surface area contributed by atoms with Crippen molar-refractivity contribution >= 4 is 5.97 Å². The molecule has 1 heterocycles. The van der Waals surface area contributed by atoms with Crippen LogP contribution in [0.25, 0.3) is 0 Å². The summed E-state index contributed by atoms with van der Waals surface area (Å²) in [5.41, 5.74) is -0.0595. The molecule has 1 rings (SSSR count). The normalized spacial score (nSPS) is 28.4. The molecule has 0 radical (unpaired) electrons. The van der Waals surface area contributed by atoms with Crippen LogP contribution in [0.1, 0.15) is 41.0 Å². The summed E-state index contributed by atoms with van der Waals surface area (Å²) >= 11 is 0. The molecule has 92 valence electrons. The largest absolute Gasteiger partial charge is 0.364 e. The van der Waals surface area contributed by atoms with E-state index in [0.29, 0.717) is 5.92 Å². The average molecular weight is 225 g/mol. The summed E-state index contributed by atoms with van der Waals surface area (Å²) in [5, 5.41) is 1.80. The molecule has 1 unspecified atom stereocenters. The smallest absolute Gasteiger partial charge is 0.349 e. The molecule has 1 aliphatic heterocycles. The summed E-state index contributed by atoms with van der Waals surface area (Å²) < 4.78 is 0. The van der Waals surface area contributed by atoms with Crippen LogP contribution in [-0.4, -0.2) is 23.1 Å². The van der Waals surface area contributed by atoms with Crippen molar-refractivity contribution in [3.8, 4) is 0 Å². The maximum Gasteiger partial charge on any atom is 0.349 e. The van der Waals surface area contributed by atoms with Gasteiger partial charge in [-0.2, -0.15) is 0 Å². The van der Waals surface area contributed by atoms with Crippen LogP contribution in [0.5, 0.6) is 0 Å². The first kappa shape index (κ1) is 13.2. The van der Waals surface area contributed by atoms with Gasteiger partial charge < -0.3 is 4.84 Å². The molecule has 1 aliphatic rings. The lowest BCUT2D eigenvalue weighted by atomic mass is 9.63. The fourth-order valence-electron chi connectivity index (χ4n) is 2.18. The number of nitrogens with zero attached hydrogens (tertiary/aromatic N) is 1. The quantitative estimate of drug-likeness (QED) is 0.677. The Kier molecular flexibility index (Phi) is 3.48. The average Bonchev–Trinajstić information content (AvgIpc) is 2.20. The van der Waals surface area contributed by atoms with Crippen LogP contribution in [0.3, 0.4) is 0 Å². The van der Waals surface area contributed by atoms with Gasteiger partial charge >= 0.3 is 5.97 Å². The molecule has 0 saturated carbocycles. The second-order valence-electron chi connectivity index (χ2n) is 5.69. The van der Waals surface area contributed by atoms with Gasteiger partial charge in [0.2, 0.25) is 0 Å². The molecule has 0 aliphatic carbocycles. The van der Waals surface area contributed by atoms with E-state index in [1.54, 1.807) is 5.06 Å². The van der Waals surface area contributed by atoms with E-state index in [2.05, 4.69) is 41.2 Å². The Bertz CT molecular complexity index is 294. The zero-order chi connectivity index (χ0) is 12.6. The van der Waals surface area contributed by atoms with Gasteiger partial charge in [-0.1, -0.05) is 27.4 Å². The zero-order valence-electron chi connectivity index (χ0n) is 11.0. The molecule has 0 aromatic heterocycles. The van der Waals surface area contributed by atoms with E-state index in [9.17, 15) is 4.79 Å². The summed E-state index contributed by atoms with van der Waals surface area (Å²) in [7, 11) is 0. The van der Waals surface area contributed by atoms with Gasteiger partial charge in [0.15, 0.2) is 0 Å². The van der Waals surface area contributed by atoms with Crippen molar-refractivity contribution in [1.82, 2.24) is 5.06 Å². The first-order valence-corrected chi connectivity index (χ1v) is 5.85. The number of carbonyl (C=O) groups is 1. The third-order valence-corrected chi connectivity index (χ3v) is 4.56. The summed E-state index contributed by atoms with van der Waals surface area (Å²) in [6, 6.07) is 0. The summed E-state index contributed by atoms with van der Waals surface area (Å²) in [6.07, 6.45) is 2.25. The van der Waals surface area contributed by atoms with Gasteiger partial charge in [0, 0.05) is 12.6 Å². The van der Waals surface area contributed by atoms with Crippen molar-refractivity contribution in [2.75, 3.05) is 6.54 Å². The minimum absolute atomic E-state index is 0.104. The van der Waals surface area contributed by atoms with Gasteiger partial charge in [-0.25, -0.2) is 4.79 Å². The molecule has 0 bridgehead atoms. The Hall–Kier alpha value is -0.830. The maximum atomic E-state index is 11.3. The number of rotatable bonds is 2. The molecule has 0 N–H and O–H groups in total. The molecule has 16 heavy (non-hydrogen) atoms. The Morgan fingerprint density at radius 3 is 2.50 bits per heavy atom. The lowest BCUT2D eigenvalue weighted by molar-refractivity contribution is -0.252. The zero-order valence-corrected chi connectivity index (χ0v) is 11.0. The third-order valence-electron chi connectivity index (χ3n) is 4.56. The minimum atomic E-state index is -0.376. The van der Waals surface area contributed by atoms with E-state index in [1.165, 1.54) is 6.08 Å². The van der Waals surface area contributed by atoms with Gasteiger partial charge in [0.25, 0.3) is 0 Å². The monoisotopic (exact) mass is 225 g/mol. The highest BCUT2D eigenvalue weighted by atomic mass is 16.7. The molecule has 0 spiro atoms. The fourth-order valence-corrected chi connectivity index (χ4v) is 2.18. The molecule has 0 amide bonds. The molecule has 3 nitrogen and oxygen atoms in total. The lowest BCUT2D eigenvalue weighted by Crippen LogP contribution is -2.60. The first-order valence-electron chi connectivity index (χ1n) is 5.85. The number of hydroxylamine groups is 2. The van der Waals surface area contributed by atoms with Crippen LogP contribution in [-0.2, 0) is 9.63 Å². The van der Waals surface area contributed by atoms with Gasteiger partial charge in [-0.3, -0.25) is 0 Å². The third kappa shape index (κ3) is 2.01. The molecular formula is C13H23NO2. The predicted molar refractivity (Wildman–Crippen MR) is 64.6 cm³/mol. The van der Waals surface area contributed by atoms with Crippen molar-refractivity contribution in [2.24, 2.45) is 11.3 Å². The molecular weight excluding hydrogens is 202 g/mol. The Morgan fingerprint density at radius 1 is 1.44 bits per heavy atom. The molecule has 0 aromatic carbocycles.